The zero-order valence-electron chi connectivity index (χ0n) is 12.0. The summed E-state index contributed by atoms with van der Waals surface area (Å²) in [4.78, 5) is 2.34. The second-order valence-electron chi connectivity index (χ2n) is 5.57. The summed E-state index contributed by atoms with van der Waals surface area (Å²) < 4.78 is 5.73. The molecule has 0 amide bonds. The van der Waals surface area contributed by atoms with Crippen LogP contribution in [-0.4, -0.2) is 37.7 Å². The minimum Gasteiger partial charge on any atom is -0.380 e. The molecule has 0 aromatic carbocycles. The van der Waals surface area contributed by atoms with Crippen LogP contribution in [0, 0.1) is 5.92 Å². The Labute approximate surface area is 120 Å². The number of hydrogen-bond donors (Lipinski definition) is 1. The Morgan fingerprint density at radius 1 is 1.53 bits per heavy atom. The van der Waals surface area contributed by atoms with Crippen molar-refractivity contribution < 1.29 is 4.74 Å². The van der Waals surface area contributed by atoms with Crippen LogP contribution >= 0.6 is 11.3 Å². The number of likely N-dealkylation sites (N-methyl/N-ethyl adjacent to an activating group) is 1. The monoisotopic (exact) mass is 282 g/mol. The van der Waals surface area contributed by atoms with Gasteiger partial charge in [-0.05, 0) is 54.6 Å². The van der Waals surface area contributed by atoms with E-state index in [0.29, 0.717) is 6.04 Å². The van der Waals surface area contributed by atoms with Crippen molar-refractivity contribution in [2.45, 2.75) is 38.3 Å². The first kappa shape index (κ1) is 15.0. The van der Waals surface area contributed by atoms with Crippen LogP contribution in [0.2, 0.25) is 0 Å². The van der Waals surface area contributed by atoms with Crippen molar-refractivity contribution >= 4 is 11.3 Å². The molecular weight excluding hydrogens is 256 g/mol. The molecule has 1 aliphatic carbocycles. The van der Waals surface area contributed by atoms with Gasteiger partial charge in [0, 0.05) is 19.2 Å². The molecule has 0 saturated heterocycles. The molecule has 1 aromatic rings. The van der Waals surface area contributed by atoms with Gasteiger partial charge in [-0.3, -0.25) is 4.90 Å². The van der Waals surface area contributed by atoms with E-state index >= 15 is 0 Å². The lowest BCUT2D eigenvalue weighted by Gasteiger charge is -2.32. The van der Waals surface area contributed by atoms with Crippen LogP contribution in [0.5, 0.6) is 0 Å². The number of thiophene rings is 1. The Balaban J connectivity index is 1.82. The van der Waals surface area contributed by atoms with Crippen LogP contribution < -0.4 is 5.73 Å². The van der Waals surface area contributed by atoms with E-state index in [-0.39, 0.29) is 6.04 Å². The minimum atomic E-state index is 0.183. The van der Waals surface area contributed by atoms with E-state index in [0.717, 1.165) is 32.1 Å². The molecule has 1 saturated carbocycles. The third-order valence-electron chi connectivity index (χ3n) is 3.88. The van der Waals surface area contributed by atoms with Crippen molar-refractivity contribution in [3.63, 3.8) is 0 Å². The second-order valence-corrected chi connectivity index (χ2v) is 6.35. The Bertz CT molecular complexity index is 351. The SMILES string of the molecule is CCC(N)C(c1ccsc1)N(C)CCOCC1CC1. The maximum Gasteiger partial charge on any atom is 0.0593 e. The topological polar surface area (TPSA) is 38.5 Å². The summed E-state index contributed by atoms with van der Waals surface area (Å²) in [6.07, 6.45) is 3.70. The van der Waals surface area contributed by atoms with Gasteiger partial charge in [0.25, 0.3) is 0 Å². The third kappa shape index (κ3) is 4.56. The van der Waals surface area contributed by atoms with Gasteiger partial charge in [-0.25, -0.2) is 0 Å². The van der Waals surface area contributed by atoms with E-state index in [4.69, 9.17) is 10.5 Å². The predicted molar refractivity (Wildman–Crippen MR) is 81.5 cm³/mol. The van der Waals surface area contributed by atoms with Gasteiger partial charge in [-0.1, -0.05) is 6.92 Å². The zero-order chi connectivity index (χ0) is 13.7. The van der Waals surface area contributed by atoms with E-state index in [2.05, 4.69) is 35.7 Å². The molecule has 19 heavy (non-hydrogen) atoms. The van der Waals surface area contributed by atoms with Crippen molar-refractivity contribution in [1.29, 1.82) is 0 Å². The lowest BCUT2D eigenvalue weighted by Crippen LogP contribution is -2.40. The molecule has 2 atom stereocenters. The first-order chi connectivity index (χ1) is 9.22. The highest BCUT2D eigenvalue weighted by atomic mass is 32.1. The number of ether oxygens (including phenoxy) is 1. The van der Waals surface area contributed by atoms with E-state index in [9.17, 15) is 0 Å². The van der Waals surface area contributed by atoms with E-state index < -0.39 is 0 Å². The van der Waals surface area contributed by atoms with Gasteiger partial charge < -0.3 is 10.5 Å². The maximum atomic E-state index is 6.29. The first-order valence-electron chi connectivity index (χ1n) is 7.28. The summed E-state index contributed by atoms with van der Waals surface area (Å²) in [5.74, 6) is 0.843. The fourth-order valence-electron chi connectivity index (χ4n) is 2.38. The van der Waals surface area contributed by atoms with Crippen LogP contribution in [0.1, 0.15) is 37.8 Å². The molecule has 1 heterocycles. The molecule has 0 spiro atoms. The van der Waals surface area contributed by atoms with Crippen LogP contribution in [0.4, 0.5) is 0 Å². The summed E-state index contributed by atoms with van der Waals surface area (Å²) in [5.41, 5.74) is 7.63. The molecule has 0 radical (unpaired) electrons. The van der Waals surface area contributed by atoms with Crippen LogP contribution in [-0.2, 0) is 4.74 Å². The van der Waals surface area contributed by atoms with Gasteiger partial charge in [0.2, 0.25) is 0 Å². The zero-order valence-corrected chi connectivity index (χ0v) is 12.9. The van der Waals surface area contributed by atoms with Gasteiger partial charge in [0.15, 0.2) is 0 Å². The normalized spacial score (nSPS) is 18.7. The van der Waals surface area contributed by atoms with Gasteiger partial charge in [-0.15, -0.1) is 0 Å². The van der Waals surface area contributed by atoms with E-state index in [1.165, 1.54) is 18.4 Å². The largest absolute Gasteiger partial charge is 0.380 e. The van der Waals surface area contributed by atoms with Crippen molar-refractivity contribution in [2.24, 2.45) is 11.7 Å². The van der Waals surface area contributed by atoms with Gasteiger partial charge in [0.1, 0.15) is 0 Å². The van der Waals surface area contributed by atoms with Gasteiger partial charge in [-0.2, -0.15) is 11.3 Å². The smallest absolute Gasteiger partial charge is 0.0593 e. The lowest BCUT2D eigenvalue weighted by molar-refractivity contribution is 0.0862. The minimum absolute atomic E-state index is 0.183. The average molecular weight is 282 g/mol. The highest BCUT2D eigenvalue weighted by Gasteiger charge is 2.24. The maximum absolute atomic E-state index is 6.29. The number of nitrogens with zero attached hydrogens (tertiary/aromatic N) is 1. The highest BCUT2D eigenvalue weighted by molar-refractivity contribution is 7.07. The van der Waals surface area contributed by atoms with E-state index in [1.807, 2.05) is 0 Å². The molecule has 1 aliphatic rings. The van der Waals surface area contributed by atoms with Crippen LogP contribution in [0.3, 0.4) is 0 Å². The molecule has 3 nitrogen and oxygen atoms in total. The number of rotatable bonds is 9. The summed E-state index contributed by atoms with van der Waals surface area (Å²) in [6.45, 7) is 4.85. The molecule has 0 bridgehead atoms. The summed E-state index contributed by atoms with van der Waals surface area (Å²) >= 11 is 1.74. The van der Waals surface area contributed by atoms with Crippen molar-refractivity contribution in [3.05, 3.63) is 22.4 Å². The second kappa shape index (κ2) is 7.39. The fraction of sp³-hybridized carbons (Fsp3) is 0.733. The van der Waals surface area contributed by atoms with Gasteiger partial charge >= 0.3 is 0 Å². The van der Waals surface area contributed by atoms with Crippen molar-refractivity contribution in [2.75, 3.05) is 26.8 Å². The number of nitrogens with two attached hydrogens (primary N) is 1. The van der Waals surface area contributed by atoms with Crippen LogP contribution in [0.25, 0.3) is 0 Å². The molecule has 108 valence electrons. The van der Waals surface area contributed by atoms with E-state index in [1.54, 1.807) is 11.3 Å². The van der Waals surface area contributed by atoms with Crippen molar-refractivity contribution in [1.82, 2.24) is 4.90 Å². The summed E-state index contributed by atoms with van der Waals surface area (Å²) in [7, 11) is 2.15. The van der Waals surface area contributed by atoms with Gasteiger partial charge in [0.05, 0.1) is 12.6 Å². The third-order valence-corrected chi connectivity index (χ3v) is 4.58. The van der Waals surface area contributed by atoms with Crippen LogP contribution in [0.15, 0.2) is 16.8 Å². The quantitative estimate of drug-likeness (QED) is 0.708. The molecule has 2 unspecified atom stereocenters. The number of hydrogen-bond acceptors (Lipinski definition) is 4. The average Bonchev–Trinajstić information content (AvgIpc) is 3.09. The summed E-state index contributed by atoms with van der Waals surface area (Å²) in [5, 5.41) is 4.34. The summed E-state index contributed by atoms with van der Waals surface area (Å²) in [6, 6.07) is 2.68. The Morgan fingerprint density at radius 2 is 2.32 bits per heavy atom. The molecule has 4 heteroatoms. The Morgan fingerprint density at radius 3 is 2.89 bits per heavy atom. The molecule has 1 aromatic heterocycles. The molecule has 2 N–H and O–H groups in total. The molecular formula is C15H26N2OS. The first-order valence-corrected chi connectivity index (χ1v) is 8.22. The van der Waals surface area contributed by atoms with Crippen molar-refractivity contribution in [3.8, 4) is 0 Å². The standard InChI is InChI=1S/C15H26N2OS/c1-3-14(16)15(13-6-9-19-11-13)17(2)7-8-18-10-12-4-5-12/h6,9,11-12,14-15H,3-5,7-8,10,16H2,1-2H3. The molecule has 0 aliphatic heterocycles. The fourth-order valence-corrected chi connectivity index (χ4v) is 3.07. The highest BCUT2D eigenvalue weighted by Crippen LogP contribution is 2.29. The predicted octanol–water partition coefficient (Wildman–Crippen LogP) is 2.88. The molecule has 2 rings (SSSR count). The Kier molecular flexibility index (Phi) is 5.82. The Hall–Kier alpha value is -0.420. The molecule has 1 fully saturated rings. The lowest BCUT2D eigenvalue weighted by atomic mass is 9.99.